The first-order valence-electron chi connectivity index (χ1n) is 19.9. The molecule has 1 unspecified atom stereocenters. The van der Waals surface area contributed by atoms with Crippen molar-refractivity contribution < 1.29 is 0 Å². The number of nitrogens with zero attached hydrogens (tertiary/aromatic N) is 2. The number of aryl methyl sites for hydroxylation is 2. The molecular formula is C53H42N2. The number of hydrogen-bond acceptors (Lipinski definition) is 2. The van der Waals surface area contributed by atoms with Gasteiger partial charge >= 0.3 is 0 Å². The monoisotopic (exact) mass is 706 g/mol. The molecule has 0 heterocycles. The van der Waals surface area contributed by atoms with Crippen molar-refractivity contribution in [1.82, 2.24) is 0 Å². The number of benzene rings is 7. The molecule has 4 aliphatic carbocycles. The summed E-state index contributed by atoms with van der Waals surface area (Å²) in [6.45, 7) is 0. The first-order valence-corrected chi connectivity index (χ1v) is 19.9. The highest BCUT2D eigenvalue weighted by molar-refractivity contribution is 5.90. The van der Waals surface area contributed by atoms with Crippen LogP contribution in [0.5, 0.6) is 0 Å². The van der Waals surface area contributed by atoms with E-state index >= 15 is 0 Å². The molecule has 0 aromatic heterocycles. The third kappa shape index (κ3) is 5.08. The Morgan fingerprint density at radius 2 is 0.873 bits per heavy atom. The topological polar surface area (TPSA) is 6.48 Å². The van der Waals surface area contributed by atoms with Gasteiger partial charge in [0.15, 0.2) is 0 Å². The number of anilines is 6. The Kier molecular flexibility index (Phi) is 7.52. The molecule has 4 aliphatic rings. The van der Waals surface area contributed by atoms with Crippen LogP contribution in [-0.4, -0.2) is 0 Å². The first kappa shape index (κ1) is 32.1. The molecule has 0 saturated heterocycles. The van der Waals surface area contributed by atoms with E-state index in [1.807, 2.05) is 0 Å². The summed E-state index contributed by atoms with van der Waals surface area (Å²) in [4.78, 5) is 4.85. The van der Waals surface area contributed by atoms with Gasteiger partial charge in [0.05, 0.1) is 5.41 Å². The summed E-state index contributed by atoms with van der Waals surface area (Å²) in [5.74, 6) is 0.263. The Morgan fingerprint density at radius 3 is 1.27 bits per heavy atom. The third-order valence-corrected chi connectivity index (χ3v) is 12.7. The smallest absolute Gasteiger partial charge is 0.0530 e. The Morgan fingerprint density at radius 1 is 0.400 bits per heavy atom. The van der Waals surface area contributed by atoms with Crippen molar-refractivity contribution in [3.8, 4) is 11.1 Å². The molecule has 264 valence electrons. The summed E-state index contributed by atoms with van der Waals surface area (Å²) in [5, 5.41) is 0. The maximum absolute atomic E-state index is 2.68. The fraction of sp³-hybridized carbons (Fsp3) is 0.132. The van der Waals surface area contributed by atoms with E-state index < -0.39 is 5.41 Å². The van der Waals surface area contributed by atoms with Crippen molar-refractivity contribution >= 4 is 34.1 Å². The van der Waals surface area contributed by atoms with Gasteiger partial charge in [0.25, 0.3) is 0 Å². The van der Waals surface area contributed by atoms with Crippen LogP contribution in [0.1, 0.15) is 47.1 Å². The predicted octanol–water partition coefficient (Wildman–Crippen LogP) is 13.7. The van der Waals surface area contributed by atoms with Crippen molar-refractivity contribution in [3.05, 3.63) is 227 Å². The number of para-hydroxylation sites is 4. The van der Waals surface area contributed by atoms with E-state index in [0.29, 0.717) is 0 Å². The fourth-order valence-electron chi connectivity index (χ4n) is 9.90. The van der Waals surface area contributed by atoms with E-state index in [2.05, 4.69) is 198 Å². The van der Waals surface area contributed by atoms with Crippen molar-refractivity contribution in [2.24, 2.45) is 5.92 Å². The van der Waals surface area contributed by atoms with Gasteiger partial charge in [-0.05, 0) is 161 Å². The molecule has 0 amide bonds. The van der Waals surface area contributed by atoms with Gasteiger partial charge in [-0.15, -0.1) is 0 Å². The largest absolute Gasteiger partial charge is 0.310 e. The number of rotatable bonds is 8. The zero-order valence-corrected chi connectivity index (χ0v) is 30.9. The molecule has 0 radical (unpaired) electrons. The van der Waals surface area contributed by atoms with E-state index in [-0.39, 0.29) is 5.92 Å². The predicted molar refractivity (Wildman–Crippen MR) is 228 cm³/mol. The quantitative estimate of drug-likeness (QED) is 0.155. The van der Waals surface area contributed by atoms with Gasteiger partial charge in [0.1, 0.15) is 0 Å². The van der Waals surface area contributed by atoms with Crippen molar-refractivity contribution in [2.45, 2.75) is 37.5 Å². The highest BCUT2D eigenvalue weighted by Crippen LogP contribution is 2.61. The summed E-state index contributed by atoms with van der Waals surface area (Å²) in [5.41, 5.74) is 19.6. The van der Waals surface area contributed by atoms with E-state index in [1.54, 1.807) is 11.1 Å². The van der Waals surface area contributed by atoms with E-state index in [0.717, 1.165) is 35.6 Å². The Labute approximate surface area is 324 Å². The third-order valence-electron chi connectivity index (χ3n) is 12.7. The zero-order valence-electron chi connectivity index (χ0n) is 30.9. The molecule has 0 spiro atoms. The van der Waals surface area contributed by atoms with Gasteiger partial charge in [-0.1, -0.05) is 115 Å². The van der Waals surface area contributed by atoms with Crippen LogP contribution in [0.4, 0.5) is 34.1 Å². The van der Waals surface area contributed by atoms with Gasteiger partial charge in [-0.2, -0.15) is 0 Å². The van der Waals surface area contributed by atoms with Crippen LogP contribution in [0.2, 0.25) is 0 Å². The average molecular weight is 707 g/mol. The van der Waals surface area contributed by atoms with Crippen molar-refractivity contribution in [3.63, 3.8) is 0 Å². The van der Waals surface area contributed by atoms with Gasteiger partial charge in [-0.25, -0.2) is 0 Å². The lowest BCUT2D eigenvalue weighted by molar-refractivity contribution is 0.445. The second-order valence-electron chi connectivity index (χ2n) is 15.5. The zero-order chi connectivity index (χ0) is 36.3. The second kappa shape index (κ2) is 12.9. The summed E-state index contributed by atoms with van der Waals surface area (Å²) in [7, 11) is 0. The molecule has 1 saturated carbocycles. The molecule has 55 heavy (non-hydrogen) atoms. The summed E-state index contributed by atoms with van der Waals surface area (Å²) >= 11 is 0. The molecule has 1 fully saturated rings. The second-order valence-corrected chi connectivity index (χ2v) is 15.5. The van der Waals surface area contributed by atoms with Crippen LogP contribution in [0.25, 0.3) is 11.1 Å². The summed E-state index contributed by atoms with van der Waals surface area (Å²) in [6, 6.07) is 65.4. The van der Waals surface area contributed by atoms with Gasteiger partial charge in [0, 0.05) is 34.1 Å². The average Bonchev–Trinajstić information content (AvgIpc) is 3.50. The summed E-state index contributed by atoms with van der Waals surface area (Å²) in [6.07, 6.45) is 11.0. The van der Waals surface area contributed by atoms with E-state index in [1.165, 1.54) is 69.6 Å². The minimum Gasteiger partial charge on any atom is -0.310 e. The van der Waals surface area contributed by atoms with Crippen LogP contribution in [0.3, 0.4) is 0 Å². The lowest BCUT2D eigenvalue weighted by atomic mass is 9.59. The summed E-state index contributed by atoms with van der Waals surface area (Å²) < 4.78 is 0. The molecule has 0 N–H and O–H groups in total. The van der Waals surface area contributed by atoms with Gasteiger partial charge in [-0.3, -0.25) is 0 Å². The number of fused-ring (bicyclic) bond motifs is 5. The molecule has 0 aliphatic heterocycles. The Bertz CT molecular complexity index is 2410. The SMILES string of the molecule is C1=C2CCC2=CC(C2(c3ccc4c(c3)CC4)c3cc(N(c4ccccc4)c4ccccc4)ccc3-c3ccc(N(c4ccccc4)c4ccccc4)cc32)C1. The molecule has 7 aromatic rings. The molecule has 2 heteroatoms. The molecule has 11 rings (SSSR count). The highest BCUT2D eigenvalue weighted by Gasteiger charge is 2.51. The number of hydrogen-bond donors (Lipinski definition) is 0. The number of allylic oxidation sites excluding steroid dienone is 4. The normalized spacial score (nSPS) is 16.9. The standard InChI is InChI=1S/C53H42N2/c1-5-13-43(14-6-1)54(44-15-7-2-8-16-44)47-29-31-49-50-32-30-48(55(45-17-9-3-10-18-45)46-19-11-4-12-20-46)36-52(50)53(51(49)35-47,41-27-25-37-21-23-39(37)33-41)42-28-26-38-22-24-40(38)34-42/h1-20,25-27,29-36,42H,21-24,28H2. The lowest BCUT2D eigenvalue weighted by Crippen LogP contribution is -2.37. The maximum Gasteiger partial charge on any atom is 0.0530 e. The molecular weight excluding hydrogens is 665 g/mol. The first-order chi connectivity index (χ1) is 27.3. The van der Waals surface area contributed by atoms with Gasteiger partial charge < -0.3 is 9.80 Å². The lowest BCUT2D eigenvalue weighted by Gasteiger charge is -2.43. The molecule has 1 atom stereocenters. The van der Waals surface area contributed by atoms with Crippen molar-refractivity contribution in [2.75, 3.05) is 9.80 Å². The Hall–Kier alpha value is -6.38. The van der Waals surface area contributed by atoms with Crippen molar-refractivity contribution in [1.29, 1.82) is 0 Å². The van der Waals surface area contributed by atoms with E-state index in [4.69, 9.17) is 0 Å². The minimum absolute atomic E-state index is 0.263. The minimum atomic E-state index is -0.399. The van der Waals surface area contributed by atoms with Crippen LogP contribution < -0.4 is 9.80 Å². The maximum atomic E-state index is 2.68. The molecule has 2 nitrogen and oxygen atoms in total. The van der Waals surface area contributed by atoms with Crippen LogP contribution in [0, 0.1) is 5.92 Å². The van der Waals surface area contributed by atoms with Crippen LogP contribution >= 0.6 is 0 Å². The molecule has 0 bridgehead atoms. The highest BCUT2D eigenvalue weighted by atomic mass is 15.1. The van der Waals surface area contributed by atoms with Crippen LogP contribution in [0.15, 0.2) is 199 Å². The fourth-order valence-corrected chi connectivity index (χ4v) is 9.90. The van der Waals surface area contributed by atoms with E-state index in [9.17, 15) is 0 Å². The molecule has 7 aromatic carbocycles. The van der Waals surface area contributed by atoms with Crippen LogP contribution in [-0.2, 0) is 18.3 Å². The Balaban J connectivity index is 1.19. The van der Waals surface area contributed by atoms with Gasteiger partial charge in [0.2, 0.25) is 0 Å².